The van der Waals surface area contributed by atoms with Crippen molar-refractivity contribution in [3.05, 3.63) is 0 Å². The molecule has 0 aromatic rings. The van der Waals surface area contributed by atoms with Crippen molar-refractivity contribution < 1.29 is 8.85 Å². The van der Waals surface area contributed by atoms with Crippen LogP contribution in [0.1, 0.15) is 13.8 Å². The molecule has 3 unspecified atom stereocenters. The number of hydrogen-bond donors (Lipinski definition) is 0. The highest BCUT2D eigenvalue weighted by Crippen LogP contribution is 2.21. The fourth-order valence-corrected chi connectivity index (χ4v) is 7.23. The highest BCUT2D eigenvalue weighted by atomic mass is 31.0. The molecular formula is C10H27O2PSi2. The SMILES string of the molecule is CCO[Si](C)(CCP)OC(C)[Si](C)(C)C. The van der Waals surface area contributed by atoms with Crippen molar-refractivity contribution in [2.45, 2.75) is 51.8 Å². The molecule has 0 radical (unpaired) electrons. The van der Waals surface area contributed by atoms with E-state index in [9.17, 15) is 0 Å². The Bertz CT molecular complexity index is 177. The van der Waals surface area contributed by atoms with Gasteiger partial charge in [-0.25, -0.2) is 0 Å². The molecule has 0 spiro atoms. The van der Waals surface area contributed by atoms with Crippen LogP contribution in [0, 0.1) is 0 Å². The lowest BCUT2D eigenvalue weighted by molar-refractivity contribution is 0.167. The molecule has 0 bridgehead atoms. The van der Waals surface area contributed by atoms with Crippen LogP contribution in [0.15, 0.2) is 0 Å². The molecule has 92 valence electrons. The summed E-state index contributed by atoms with van der Waals surface area (Å²) in [6.07, 6.45) is 1.07. The molecule has 0 aliphatic rings. The van der Waals surface area contributed by atoms with Crippen LogP contribution in [0.25, 0.3) is 0 Å². The largest absolute Gasteiger partial charge is 0.395 e. The van der Waals surface area contributed by atoms with Gasteiger partial charge in [0.1, 0.15) is 0 Å². The van der Waals surface area contributed by atoms with Crippen LogP contribution in [0.4, 0.5) is 0 Å². The topological polar surface area (TPSA) is 18.5 Å². The summed E-state index contributed by atoms with van der Waals surface area (Å²) in [5.74, 6) is 0. The van der Waals surface area contributed by atoms with Crippen molar-refractivity contribution in [1.29, 1.82) is 0 Å². The van der Waals surface area contributed by atoms with Crippen LogP contribution in [-0.2, 0) is 8.85 Å². The maximum absolute atomic E-state index is 6.25. The van der Waals surface area contributed by atoms with Crippen LogP contribution in [0.5, 0.6) is 0 Å². The Kier molecular flexibility index (Phi) is 6.84. The highest BCUT2D eigenvalue weighted by molar-refractivity contribution is 7.16. The zero-order valence-corrected chi connectivity index (χ0v) is 14.2. The zero-order valence-electron chi connectivity index (χ0n) is 11.1. The molecular weight excluding hydrogens is 239 g/mol. The Morgan fingerprint density at radius 2 is 1.73 bits per heavy atom. The van der Waals surface area contributed by atoms with Crippen molar-refractivity contribution >= 4 is 25.9 Å². The second kappa shape index (κ2) is 6.50. The van der Waals surface area contributed by atoms with E-state index in [1.165, 1.54) is 0 Å². The van der Waals surface area contributed by atoms with Gasteiger partial charge in [-0.15, -0.1) is 9.24 Å². The van der Waals surface area contributed by atoms with Crippen LogP contribution in [0.2, 0.25) is 32.2 Å². The van der Waals surface area contributed by atoms with Gasteiger partial charge in [-0.2, -0.15) is 0 Å². The quantitative estimate of drug-likeness (QED) is 0.520. The number of hydrogen-bond acceptors (Lipinski definition) is 2. The first-order chi connectivity index (χ1) is 6.75. The van der Waals surface area contributed by atoms with E-state index in [1.54, 1.807) is 0 Å². The van der Waals surface area contributed by atoms with E-state index in [-0.39, 0.29) is 0 Å². The molecule has 0 saturated carbocycles. The first-order valence-corrected chi connectivity index (χ1v) is 12.7. The Labute approximate surface area is 99.6 Å². The summed E-state index contributed by atoms with van der Waals surface area (Å²) in [4.78, 5) is 0. The Morgan fingerprint density at radius 1 is 1.20 bits per heavy atom. The molecule has 0 heterocycles. The summed E-state index contributed by atoms with van der Waals surface area (Å²) < 4.78 is 12.1. The van der Waals surface area contributed by atoms with Gasteiger partial charge in [0, 0.05) is 12.3 Å². The van der Waals surface area contributed by atoms with Gasteiger partial charge in [-0.3, -0.25) is 0 Å². The molecule has 5 heteroatoms. The first kappa shape index (κ1) is 15.8. The van der Waals surface area contributed by atoms with Gasteiger partial charge in [-0.1, -0.05) is 19.6 Å². The average Bonchev–Trinajstić information content (AvgIpc) is 2.02. The molecule has 0 N–H and O–H groups in total. The van der Waals surface area contributed by atoms with Crippen LogP contribution in [-0.4, -0.2) is 35.1 Å². The molecule has 15 heavy (non-hydrogen) atoms. The van der Waals surface area contributed by atoms with Crippen molar-refractivity contribution in [3.8, 4) is 0 Å². The van der Waals surface area contributed by atoms with Crippen LogP contribution >= 0.6 is 9.24 Å². The molecule has 0 aliphatic carbocycles. The van der Waals surface area contributed by atoms with Crippen LogP contribution in [0.3, 0.4) is 0 Å². The predicted molar refractivity (Wildman–Crippen MR) is 76.5 cm³/mol. The van der Waals surface area contributed by atoms with Gasteiger partial charge in [0.25, 0.3) is 0 Å². The zero-order chi connectivity index (χ0) is 12.1. The highest BCUT2D eigenvalue weighted by Gasteiger charge is 2.36. The van der Waals surface area contributed by atoms with Crippen molar-refractivity contribution in [1.82, 2.24) is 0 Å². The van der Waals surface area contributed by atoms with E-state index in [0.29, 0.717) is 5.73 Å². The summed E-state index contributed by atoms with van der Waals surface area (Å²) in [5, 5.41) is 0. The molecule has 0 saturated heterocycles. The molecule has 0 fully saturated rings. The summed E-state index contributed by atoms with van der Waals surface area (Å²) in [6, 6.07) is 1.07. The lowest BCUT2D eigenvalue weighted by atomic mass is 10.9. The Morgan fingerprint density at radius 3 is 2.07 bits per heavy atom. The van der Waals surface area contributed by atoms with Crippen molar-refractivity contribution in [2.24, 2.45) is 0 Å². The number of rotatable bonds is 7. The average molecular weight is 266 g/mol. The summed E-state index contributed by atoms with van der Waals surface area (Å²) in [5.41, 5.74) is 0.386. The van der Waals surface area contributed by atoms with Crippen molar-refractivity contribution in [2.75, 3.05) is 12.8 Å². The van der Waals surface area contributed by atoms with E-state index in [2.05, 4.69) is 49.3 Å². The molecule has 0 aromatic heterocycles. The smallest absolute Gasteiger partial charge is 0.335 e. The van der Waals surface area contributed by atoms with E-state index in [4.69, 9.17) is 8.85 Å². The van der Waals surface area contributed by atoms with E-state index >= 15 is 0 Å². The van der Waals surface area contributed by atoms with Gasteiger partial charge in [0.2, 0.25) is 0 Å². The molecule has 0 amide bonds. The summed E-state index contributed by atoms with van der Waals surface area (Å²) in [7, 11) is -0.341. The van der Waals surface area contributed by atoms with Gasteiger partial charge < -0.3 is 8.85 Å². The third-order valence-corrected chi connectivity index (χ3v) is 9.30. The Hall–Kier alpha value is 0.784. The molecule has 3 atom stereocenters. The predicted octanol–water partition coefficient (Wildman–Crippen LogP) is 3.25. The maximum Gasteiger partial charge on any atom is 0.335 e. The minimum absolute atomic E-state index is 0.386. The minimum atomic E-state index is -1.91. The van der Waals surface area contributed by atoms with E-state index in [1.807, 2.05) is 0 Å². The van der Waals surface area contributed by atoms with Crippen LogP contribution < -0.4 is 0 Å². The van der Waals surface area contributed by atoms with Gasteiger partial charge >= 0.3 is 8.56 Å². The standard InChI is InChI=1S/C10H27O2PSi2/c1-7-11-15(6,9-8-13)12-10(2)14(3,4)5/h10H,7-9,13H2,1-6H3. The maximum atomic E-state index is 6.25. The van der Waals surface area contributed by atoms with Gasteiger partial charge in [0.05, 0.1) is 8.07 Å². The molecule has 0 rings (SSSR count). The lowest BCUT2D eigenvalue weighted by Gasteiger charge is -2.35. The minimum Gasteiger partial charge on any atom is -0.395 e. The second-order valence-electron chi connectivity index (χ2n) is 5.23. The molecule has 2 nitrogen and oxygen atoms in total. The van der Waals surface area contributed by atoms with Gasteiger partial charge in [-0.05, 0) is 32.6 Å². The first-order valence-electron chi connectivity index (χ1n) is 5.77. The lowest BCUT2D eigenvalue weighted by Crippen LogP contribution is -2.49. The summed E-state index contributed by atoms with van der Waals surface area (Å²) >= 11 is 0. The van der Waals surface area contributed by atoms with Gasteiger partial charge in [0.15, 0.2) is 0 Å². The van der Waals surface area contributed by atoms with E-state index < -0.39 is 16.6 Å². The fraction of sp³-hybridized carbons (Fsp3) is 1.00. The Balaban J connectivity index is 4.40. The van der Waals surface area contributed by atoms with E-state index in [0.717, 1.165) is 18.8 Å². The third kappa shape index (κ3) is 6.17. The monoisotopic (exact) mass is 266 g/mol. The molecule has 0 aromatic carbocycles. The molecule has 0 aliphatic heterocycles. The third-order valence-electron chi connectivity index (χ3n) is 2.69. The van der Waals surface area contributed by atoms with Crippen molar-refractivity contribution in [3.63, 3.8) is 0 Å². The normalized spacial score (nSPS) is 18.6. The summed E-state index contributed by atoms with van der Waals surface area (Å²) in [6.45, 7) is 14.3. The fourth-order valence-electron chi connectivity index (χ4n) is 1.28. The second-order valence-corrected chi connectivity index (χ2v) is 14.6.